The van der Waals surface area contributed by atoms with E-state index in [1.54, 1.807) is 36.0 Å². The van der Waals surface area contributed by atoms with Crippen LogP contribution in [0.2, 0.25) is 10.0 Å². The van der Waals surface area contributed by atoms with E-state index in [1.165, 1.54) is 5.56 Å². The summed E-state index contributed by atoms with van der Waals surface area (Å²) >= 11 is 13.9. The number of halogens is 2. The van der Waals surface area contributed by atoms with Gasteiger partial charge in [-0.15, -0.1) is 10.2 Å². The molecule has 1 aromatic heterocycles. The number of thioether (sulfide) groups is 1. The van der Waals surface area contributed by atoms with Gasteiger partial charge in [-0.1, -0.05) is 77.4 Å². The first-order chi connectivity index (χ1) is 16.4. The van der Waals surface area contributed by atoms with Crippen molar-refractivity contribution in [2.45, 2.75) is 30.8 Å². The minimum absolute atomic E-state index is 0.370. The van der Waals surface area contributed by atoms with E-state index in [4.69, 9.17) is 23.2 Å². The van der Waals surface area contributed by atoms with Gasteiger partial charge in [0.05, 0.1) is 11.7 Å². The fourth-order valence-electron chi connectivity index (χ4n) is 3.42. The van der Waals surface area contributed by atoms with Crippen molar-refractivity contribution in [3.8, 4) is 5.69 Å². The number of hydrogen-bond donors (Lipinski definition) is 2. The summed E-state index contributed by atoms with van der Waals surface area (Å²) < 4.78 is 1.96. The molecule has 9 heteroatoms. The Morgan fingerprint density at radius 1 is 1.00 bits per heavy atom. The first-order valence-corrected chi connectivity index (χ1v) is 12.4. The zero-order valence-electron chi connectivity index (χ0n) is 18.6. The van der Waals surface area contributed by atoms with Crippen LogP contribution in [0.15, 0.2) is 78.0 Å². The molecule has 3 aromatic carbocycles. The van der Waals surface area contributed by atoms with Crippen molar-refractivity contribution in [2.75, 3.05) is 5.32 Å². The Bertz CT molecular complexity index is 1300. The van der Waals surface area contributed by atoms with Crippen molar-refractivity contribution < 1.29 is 4.79 Å². The zero-order valence-corrected chi connectivity index (χ0v) is 21.0. The summed E-state index contributed by atoms with van der Waals surface area (Å²) in [5, 5.41) is 16.5. The second-order valence-corrected chi connectivity index (χ2v) is 9.53. The summed E-state index contributed by atoms with van der Waals surface area (Å²) in [6.45, 7) is 3.87. The Kier molecular flexibility index (Phi) is 7.77. The molecule has 4 aromatic rings. The van der Waals surface area contributed by atoms with Gasteiger partial charge in [-0.3, -0.25) is 4.57 Å². The number of urea groups is 1. The van der Waals surface area contributed by atoms with E-state index in [1.807, 2.05) is 54.8 Å². The highest BCUT2D eigenvalue weighted by Gasteiger charge is 2.22. The van der Waals surface area contributed by atoms with Crippen LogP contribution in [0, 0.1) is 6.92 Å². The number of hydrogen-bond acceptors (Lipinski definition) is 4. The molecule has 34 heavy (non-hydrogen) atoms. The maximum atomic E-state index is 12.6. The van der Waals surface area contributed by atoms with Crippen LogP contribution in [0.1, 0.15) is 29.9 Å². The van der Waals surface area contributed by atoms with Gasteiger partial charge in [0.25, 0.3) is 0 Å². The highest BCUT2D eigenvalue weighted by molar-refractivity contribution is 7.98. The van der Waals surface area contributed by atoms with Crippen LogP contribution in [0.3, 0.4) is 0 Å². The molecule has 2 N–H and O–H groups in total. The minimum Gasteiger partial charge on any atom is -0.328 e. The van der Waals surface area contributed by atoms with Crippen molar-refractivity contribution in [3.63, 3.8) is 0 Å². The molecule has 1 unspecified atom stereocenters. The number of amides is 2. The second kappa shape index (κ2) is 11.0. The topological polar surface area (TPSA) is 71.8 Å². The number of anilines is 1. The summed E-state index contributed by atoms with van der Waals surface area (Å²) in [7, 11) is 0. The molecule has 0 spiro atoms. The van der Waals surface area contributed by atoms with E-state index in [0.717, 1.165) is 17.0 Å². The smallest absolute Gasteiger partial charge is 0.319 e. The van der Waals surface area contributed by atoms with Crippen molar-refractivity contribution >= 4 is 46.7 Å². The fourth-order valence-corrected chi connectivity index (χ4v) is 4.69. The van der Waals surface area contributed by atoms with Gasteiger partial charge in [-0.05, 0) is 55.3 Å². The predicted molar refractivity (Wildman–Crippen MR) is 139 cm³/mol. The molecule has 174 valence electrons. The summed E-state index contributed by atoms with van der Waals surface area (Å²) in [5.41, 5.74) is 3.66. The normalized spacial score (nSPS) is 11.8. The Morgan fingerprint density at radius 3 is 2.53 bits per heavy atom. The monoisotopic (exact) mass is 511 g/mol. The zero-order chi connectivity index (χ0) is 24.1. The molecule has 0 aliphatic carbocycles. The molecule has 0 aliphatic rings. The fraction of sp³-hybridized carbons (Fsp3) is 0.160. The van der Waals surface area contributed by atoms with Crippen molar-refractivity contribution in [3.05, 3.63) is 99.8 Å². The first-order valence-electron chi connectivity index (χ1n) is 10.6. The van der Waals surface area contributed by atoms with Gasteiger partial charge in [0.15, 0.2) is 11.0 Å². The Balaban J connectivity index is 1.61. The lowest BCUT2D eigenvalue weighted by molar-refractivity contribution is 0.249. The summed E-state index contributed by atoms with van der Waals surface area (Å²) in [5.74, 6) is 1.33. The van der Waals surface area contributed by atoms with Gasteiger partial charge >= 0.3 is 6.03 Å². The summed E-state index contributed by atoms with van der Waals surface area (Å²) in [6.07, 6.45) is 0. The molecular weight excluding hydrogens is 489 g/mol. The molecule has 1 atom stereocenters. The third-order valence-electron chi connectivity index (χ3n) is 5.10. The van der Waals surface area contributed by atoms with Gasteiger partial charge in [0, 0.05) is 21.5 Å². The second-order valence-electron chi connectivity index (χ2n) is 7.71. The number of aromatic nitrogens is 3. The van der Waals surface area contributed by atoms with E-state index in [9.17, 15) is 4.79 Å². The van der Waals surface area contributed by atoms with Crippen molar-refractivity contribution in [1.82, 2.24) is 20.1 Å². The molecule has 4 rings (SSSR count). The Hall–Kier alpha value is -3.00. The molecule has 0 saturated carbocycles. The average molecular weight is 512 g/mol. The van der Waals surface area contributed by atoms with Gasteiger partial charge in [0.2, 0.25) is 0 Å². The Labute approximate surface area is 212 Å². The van der Waals surface area contributed by atoms with Crippen LogP contribution < -0.4 is 10.6 Å². The van der Waals surface area contributed by atoms with E-state index < -0.39 is 6.04 Å². The highest BCUT2D eigenvalue weighted by Crippen LogP contribution is 2.30. The summed E-state index contributed by atoms with van der Waals surface area (Å²) in [6, 6.07) is 22.0. The number of carbonyl (C=O) groups excluding carboxylic acids is 1. The highest BCUT2D eigenvalue weighted by atomic mass is 35.5. The third kappa shape index (κ3) is 5.91. The molecule has 0 fully saturated rings. The van der Waals surface area contributed by atoms with Crippen LogP contribution in [-0.2, 0) is 5.75 Å². The molecule has 2 amide bonds. The van der Waals surface area contributed by atoms with Crippen molar-refractivity contribution in [1.29, 1.82) is 0 Å². The van der Waals surface area contributed by atoms with Gasteiger partial charge in [0.1, 0.15) is 0 Å². The molecule has 0 bridgehead atoms. The lowest BCUT2D eigenvalue weighted by Crippen LogP contribution is -2.32. The molecule has 0 radical (unpaired) electrons. The maximum absolute atomic E-state index is 12.6. The van der Waals surface area contributed by atoms with E-state index in [2.05, 4.69) is 33.0 Å². The predicted octanol–water partition coefficient (Wildman–Crippen LogP) is 7.06. The molecule has 0 saturated heterocycles. The summed E-state index contributed by atoms with van der Waals surface area (Å²) in [4.78, 5) is 12.6. The maximum Gasteiger partial charge on any atom is 0.319 e. The average Bonchev–Trinajstić information content (AvgIpc) is 3.24. The quantitative estimate of drug-likeness (QED) is 0.260. The number of nitrogens with zero attached hydrogens (tertiary/aromatic N) is 3. The largest absolute Gasteiger partial charge is 0.328 e. The number of benzene rings is 3. The van der Waals surface area contributed by atoms with Crippen LogP contribution in [0.25, 0.3) is 5.69 Å². The Morgan fingerprint density at radius 2 is 1.76 bits per heavy atom. The third-order valence-corrected chi connectivity index (χ3v) is 6.57. The number of aryl methyl sites for hydroxylation is 1. The first kappa shape index (κ1) is 24.1. The molecular formula is C25H23Cl2N5OS. The van der Waals surface area contributed by atoms with Gasteiger partial charge < -0.3 is 10.6 Å². The number of nitrogens with one attached hydrogen (secondary N) is 2. The van der Waals surface area contributed by atoms with Crippen LogP contribution in [0.5, 0.6) is 0 Å². The molecule has 0 aliphatic heterocycles. The lowest BCUT2D eigenvalue weighted by Gasteiger charge is -2.18. The lowest BCUT2D eigenvalue weighted by atomic mass is 10.2. The molecule has 6 nitrogen and oxygen atoms in total. The molecule has 1 heterocycles. The van der Waals surface area contributed by atoms with Crippen LogP contribution in [-0.4, -0.2) is 20.8 Å². The van der Waals surface area contributed by atoms with E-state index in [-0.39, 0.29) is 6.03 Å². The van der Waals surface area contributed by atoms with Gasteiger partial charge in [-0.25, -0.2) is 4.79 Å². The number of carbonyl (C=O) groups is 1. The minimum atomic E-state index is -0.434. The van der Waals surface area contributed by atoms with Gasteiger partial charge in [-0.2, -0.15) is 0 Å². The van der Waals surface area contributed by atoms with E-state index in [0.29, 0.717) is 26.7 Å². The van der Waals surface area contributed by atoms with Crippen molar-refractivity contribution in [2.24, 2.45) is 0 Å². The number of rotatable bonds is 7. The standard InChI is InChI=1S/C25H23Cl2N5OS/c1-16-11-12-20(27)14-22(16)32-23(30-31-25(32)34-15-18-7-4-3-5-8-18)17(2)28-24(33)29-21-10-6-9-19(26)13-21/h3-14,17H,15H2,1-2H3,(H2,28,29,33). The van der Waals surface area contributed by atoms with E-state index >= 15 is 0 Å². The SMILES string of the molecule is Cc1ccc(Cl)cc1-n1c(SCc2ccccc2)nnc1C(C)NC(=O)Nc1cccc(Cl)c1. The van der Waals surface area contributed by atoms with Crippen LogP contribution in [0.4, 0.5) is 10.5 Å². The van der Waals surface area contributed by atoms with Crippen LogP contribution >= 0.6 is 35.0 Å².